The molecule has 19 heavy (non-hydrogen) atoms. The number of nitrogens with zero attached hydrogens (tertiary/aromatic N) is 1. The Kier molecular flexibility index (Phi) is 4.52. The van der Waals surface area contributed by atoms with Crippen molar-refractivity contribution < 1.29 is 0 Å². The van der Waals surface area contributed by atoms with Crippen molar-refractivity contribution in [2.24, 2.45) is 0 Å². The Balaban J connectivity index is 1.33. The third kappa shape index (κ3) is 3.58. The van der Waals surface area contributed by atoms with Crippen LogP contribution in [0, 0.1) is 0 Å². The van der Waals surface area contributed by atoms with E-state index in [2.05, 4.69) is 34.5 Å². The monoisotopic (exact) mass is 258 g/mol. The van der Waals surface area contributed by atoms with Crippen LogP contribution in [0.1, 0.15) is 49.7 Å². The standard InChI is InChI=1S/C17H26N2/c1-2-9-17(10-3-1)18-11-6-12-19-13-15-7-4-5-8-16(15)14-19/h4-5,7-8,17-18H,1-3,6,9-14H2. The Bertz CT molecular complexity index is 371. The van der Waals surface area contributed by atoms with Gasteiger partial charge in [0, 0.05) is 25.7 Å². The van der Waals surface area contributed by atoms with E-state index in [-0.39, 0.29) is 0 Å². The average molecular weight is 258 g/mol. The van der Waals surface area contributed by atoms with Gasteiger partial charge in [0.25, 0.3) is 0 Å². The second-order valence-electron chi connectivity index (χ2n) is 6.12. The van der Waals surface area contributed by atoms with Crippen molar-refractivity contribution in [3.05, 3.63) is 35.4 Å². The molecular formula is C17H26N2. The molecule has 0 saturated heterocycles. The summed E-state index contributed by atoms with van der Waals surface area (Å²) < 4.78 is 0. The van der Waals surface area contributed by atoms with E-state index >= 15 is 0 Å². The number of fused-ring (bicyclic) bond motifs is 1. The first-order chi connectivity index (χ1) is 9.42. The van der Waals surface area contributed by atoms with Gasteiger partial charge in [0.1, 0.15) is 0 Å². The smallest absolute Gasteiger partial charge is 0.0240 e. The maximum absolute atomic E-state index is 3.74. The molecule has 1 fully saturated rings. The van der Waals surface area contributed by atoms with E-state index in [9.17, 15) is 0 Å². The number of benzene rings is 1. The highest BCUT2D eigenvalue weighted by Gasteiger charge is 2.17. The van der Waals surface area contributed by atoms with E-state index < -0.39 is 0 Å². The minimum Gasteiger partial charge on any atom is -0.314 e. The van der Waals surface area contributed by atoms with Crippen LogP contribution >= 0.6 is 0 Å². The highest BCUT2D eigenvalue weighted by molar-refractivity contribution is 5.30. The highest BCUT2D eigenvalue weighted by atomic mass is 15.1. The van der Waals surface area contributed by atoms with Gasteiger partial charge in [-0.25, -0.2) is 0 Å². The molecule has 3 rings (SSSR count). The molecule has 1 aliphatic carbocycles. The van der Waals surface area contributed by atoms with Crippen LogP contribution in [0.5, 0.6) is 0 Å². The molecule has 0 unspecified atom stereocenters. The summed E-state index contributed by atoms with van der Waals surface area (Å²) >= 11 is 0. The zero-order valence-electron chi connectivity index (χ0n) is 11.9. The van der Waals surface area contributed by atoms with E-state index in [0.717, 1.165) is 19.1 Å². The first-order valence-electron chi connectivity index (χ1n) is 7.94. The molecule has 0 radical (unpaired) electrons. The van der Waals surface area contributed by atoms with Crippen LogP contribution in [0.15, 0.2) is 24.3 Å². The first-order valence-corrected chi connectivity index (χ1v) is 7.94. The molecule has 2 heteroatoms. The van der Waals surface area contributed by atoms with Crippen molar-refractivity contribution in [3.8, 4) is 0 Å². The lowest BCUT2D eigenvalue weighted by molar-refractivity contribution is 0.273. The van der Waals surface area contributed by atoms with Gasteiger partial charge in [0.2, 0.25) is 0 Å². The third-order valence-electron chi connectivity index (χ3n) is 4.60. The Hall–Kier alpha value is -0.860. The lowest BCUT2D eigenvalue weighted by Gasteiger charge is -2.23. The molecule has 2 aliphatic rings. The SMILES string of the molecule is c1ccc2c(c1)CN(CCCNC1CCCCC1)C2. The van der Waals surface area contributed by atoms with Crippen LogP contribution in [0.2, 0.25) is 0 Å². The molecule has 2 nitrogen and oxygen atoms in total. The highest BCUT2D eigenvalue weighted by Crippen LogP contribution is 2.22. The van der Waals surface area contributed by atoms with Crippen LogP contribution < -0.4 is 5.32 Å². The van der Waals surface area contributed by atoms with E-state index in [1.165, 1.54) is 62.7 Å². The molecule has 104 valence electrons. The van der Waals surface area contributed by atoms with Gasteiger partial charge in [-0.1, -0.05) is 43.5 Å². The Morgan fingerprint density at radius 1 is 1.00 bits per heavy atom. The van der Waals surface area contributed by atoms with Crippen molar-refractivity contribution in [2.75, 3.05) is 13.1 Å². The maximum Gasteiger partial charge on any atom is 0.0240 e. The fourth-order valence-corrected chi connectivity index (χ4v) is 3.48. The van der Waals surface area contributed by atoms with Crippen molar-refractivity contribution >= 4 is 0 Å². The molecule has 1 N–H and O–H groups in total. The molecular weight excluding hydrogens is 232 g/mol. The summed E-state index contributed by atoms with van der Waals surface area (Å²) in [6, 6.07) is 9.68. The van der Waals surface area contributed by atoms with Gasteiger partial charge in [-0.2, -0.15) is 0 Å². The van der Waals surface area contributed by atoms with Gasteiger partial charge in [-0.3, -0.25) is 4.90 Å². The summed E-state index contributed by atoms with van der Waals surface area (Å²) in [7, 11) is 0. The van der Waals surface area contributed by atoms with Gasteiger partial charge in [-0.15, -0.1) is 0 Å². The van der Waals surface area contributed by atoms with Crippen LogP contribution in [-0.4, -0.2) is 24.0 Å². The number of nitrogens with one attached hydrogen (secondary N) is 1. The topological polar surface area (TPSA) is 15.3 Å². The fourth-order valence-electron chi connectivity index (χ4n) is 3.48. The second-order valence-corrected chi connectivity index (χ2v) is 6.12. The van der Waals surface area contributed by atoms with Gasteiger partial charge in [-0.05, 0) is 36.9 Å². The van der Waals surface area contributed by atoms with Gasteiger partial charge in [0.15, 0.2) is 0 Å². The predicted octanol–water partition coefficient (Wildman–Crippen LogP) is 3.31. The minimum absolute atomic E-state index is 0.810. The molecule has 1 saturated carbocycles. The van der Waals surface area contributed by atoms with Crippen molar-refractivity contribution in [3.63, 3.8) is 0 Å². The molecule has 1 aromatic carbocycles. The van der Waals surface area contributed by atoms with Gasteiger partial charge >= 0.3 is 0 Å². The normalized spacial score (nSPS) is 20.6. The number of hydrogen-bond acceptors (Lipinski definition) is 2. The van der Waals surface area contributed by atoms with Crippen molar-refractivity contribution in [2.45, 2.75) is 57.7 Å². The molecule has 0 amide bonds. The van der Waals surface area contributed by atoms with Gasteiger partial charge in [0.05, 0.1) is 0 Å². The van der Waals surface area contributed by atoms with E-state index in [1.54, 1.807) is 0 Å². The molecule has 0 atom stereocenters. The maximum atomic E-state index is 3.74. The Morgan fingerprint density at radius 2 is 1.68 bits per heavy atom. The van der Waals surface area contributed by atoms with E-state index in [0.29, 0.717) is 0 Å². The quantitative estimate of drug-likeness (QED) is 0.815. The fraction of sp³-hybridized carbons (Fsp3) is 0.647. The zero-order valence-corrected chi connectivity index (χ0v) is 11.9. The number of hydrogen-bond donors (Lipinski definition) is 1. The Labute approximate surface area is 117 Å². The lowest BCUT2D eigenvalue weighted by Crippen LogP contribution is -2.33. The molecule has 1 aliphatic heterocycles. The second kappa shape index (κ2) is 6.53. The molecule has 0 spiro atoms. The van der Waals surface area contributed by atoms with E-state index in [1.807, 2.05) is 0 Å². The van der Waals surface area contributed by atoms with Crippen LogP contribution in [0.4, 0.5) is 0 Å². The summed E-state index contributed by atoms with van der Waals surface area (Å²) in [5.74, 6) is 0. The average Bonchev–Trinajstić information content (AvgIpc) is 2.87. The van der Waals surface area contributed by atoms with Crippen LogP contribution in [0.25, 0.3) is 0 Å². The van der Waals surface area contributed by atoms with Crippen molar-refractivity contribution in [1.82, 2.24) is 10.2 Å². The van der Waals surface area contributed by atoms with Crippen LogP contribution in [-0.2, 0) is 13.1 Å². The summed E-state index contributed by atoms with van der Waals surface area (Å²) in [5.41, 5.74) is 3.06. The minimum atomic E-state index is 0.810. The summed E-state index contributed by atoms with van der Waals surface area (Å²) in [6.45, 7) is 4.73. The lowest BCUT2D eigenvalue weighted by atomic mass is 9.95. The summed E-state index contributed by atoms with van der Waals surface area (Å²) in [6.07, 6.45) is 8.39. The zero-order chi connectivity index (χ0) is 12.9. The first kappa shape index (κ1) is 13.1. The largest absolute Gasteiger partial charge is 0.314 e. The van der Waals surface area contributed by atoms with E-state index in [4.69, 9.17) is 0 Å². The van der Waals surface area contributed by atoms with Gasteiger partial charge < -0.3 is 5.32 Å². The molecule has 0 bridgehead atoms. The summed E-state index contributed by atoms with van der Waals surface area (Å²) in [5, 5.41) is 3.74. The third-order valence-corrected chi connectivity index (χ3v) is 4.60. The molecule has 1 heterocycles. The predicted molar refractivity (Wildman–Crippen MR) is 80.0 cm³/mol. The number of rotatable bonds is 5. The van der Waals surface area contributed by atoms with Crippen molar-refractivity contribution in [1.29, 1.82) is 0 Å². The molecule has 0 aromatic heterocycles. The molecule has 1 aromatic rings. The van der Waals surface area contributed by atoms with Crippen LogP contribution in [0.3, 0.4) is 0 Å². The summed E-state index contributed by atoms with van der Waals surface area (Å²) in [4.78, 5) is 2.58. The Morgan fingerprint density at radius 3 is 2.37 bits per heavy atom.